The summed E-state index contributed by atoms with van der Waals surface area (Å²) in [5.41, 5.74) is 1.08. The number of methoxy groups -OCH3 is 1. The van der Waals surface area contributed by atoms with E-state index in [1.807, 2.05) is 25.2 Å². The first-order valence-corrected chi connectivity index (χ1v) is 8.23. The summed E-state index contributed by atoms with van der Waals surface area (Å²) in [6.07, 6.45) is 2.26. The van der Waals surface area contributed by atoms with E-state index in [9.17, 15) is 0 Å². The maximum absolute atomic E-state index is 6.32. The van der Waals surface area contributed by atoms with E-state index in [0.717, 1.165) is 38.2 Å². The van der Waals surface area contributed by atoms with Gasteiger partial charge in [-0.1, -0.05) is 35.3 Å². The van der Waals surface area contributed by atoms with Crippen molar-refractivity contribution in [3.8, 4) is 0 Å². The number of nitrogens with one attached hydrogen (secondary N) is 1. The van der Waals surface area contributed by atoms with Crippen LogP contribution in [0.4, 0.5) is 0 Å². The Morgan fingerprint density at radius 2 is 2.24 bits per heavy atom. The molecule has 0 amide bonds. The molecule has 1 aromatic carbocycles. The lowest BCUT2D eigenvalue weighted by molar-refractivity contribution is 0.153. The molecule has 1 aliphatic rings. The van der Waals surface area contributed by atoms with E-state index in [-0.39, 0.29) is 6.04 Å². The van der Waals surface area contributed by atoms with Gasteiger partial charge in [0.2, 0.25) is 0 Å². The summed E-state index contributed by atoms with van der Waals surface area (Å²) >= 11 is 12.4. The second-order valence-corrected chi connectivity index (χ2v) is 6.47. The highest BCUT2D eigenvalue weighted by atomic mass is 35.5. The van der Waals surface area contributed by atoms with Gasteiger partial charge >= 0.3 is 0 Å². The maximum Gasteiger partial charge on any atom is 0.0640 e. The third kappa shape index (κ3) is 4.57. The average Bonchev–Trinajstić information content (AvgIpc) is 2.92. The first-order chi connectivity index (χ1) is 10.2. The van der Waals surface area contributed by atoms with Crippen molar-refractivity contribution >= 4 is 23.2 Å². The van der Waals surface area contributed by atoms with Crippen molar-refractivity contribution in [2.24, 2.45) is 5.92 Å². The number of ether oxygens (including phenoxy) is 1. The first-order valence-electron chi connectivity index (χ1n) is 7.48. The fourth-order valence-corrected chi connectivity index (χ4v) is 3.48. The number of nitrogens with zero attached hydrogens (tertiary/aromatic N) is 1. The van der Waals surface area contributed by atoms with Crippen molar-refractivity contribution < 1.29 is 4.74 Å². The molecule has 118 valence electrons. The van der Waals surface area contributed by atoms with Gasteiger partial charge in [0.25, 0.3) is 0 Å². The van der Waals surface area contributed by atoms with Crippen LogP contribution in [-0.2, 0) is 4.74 Å². The lowest BCUT2D eigenvalue weighted by Crippen LogP contribution is -2.27. The zero-order chi connectivity index (χ0) is 15.2. The van der Waals surface area contributed by atoms with Gasteiger partial charge in [0.1, 0.15) is 0 Å². The van der Waals surface area contributed by atoms with E-state index in [0.29, 0.717) is 16.0 Å². The predicted molar refractivity (Wildman–Crippen MR) is 89.3 cm³/mol. The predicted octanol–water partition coefficient (Wildman–Crippen LogP) is 3.61. The summed E-state index contributed by atoms with van der Waals surface area (Å²) in [6, 6.07) is 6.07. The lowest BCUT2D eigenvalue weighted by atomic mass is 10.0. The Balaban J connectivity index is 1.90. The van der Waals surface area contributed by atoms with Crippen LogP contribution in [0.25, 0.3) is 0 Å². The van der Waals surface area contributed by atoms with Crippen molar-refractivity contribution in [3.05, 3.63) is 33.8 Å². The number of likely N-dealkylation sites (tertiary alicyclic amines) is 1. The first kappa shape index (κ1) is 17.0. The molecular formula is C16H24Cl2N2O. The fraction of sp³-hybridized carbons (Fsp3) is 0.625. The number of rotatable bonds is 7. The SMILES string of the molecule is CNC(CCN1CCC(COC)C1)c1cccc(Cl)c1Cl. The molecule has 1 aromatic rings. The van der Waals surface area contributed by atoms with E-state index in [1.54, 1.807) is 7.11 Å². The van der Waals surface area contributed by atoms with Crippen LogP contribution in [0.15, 0.2) is 18.2 Å². The van der Waals surface area contributed by atoms with Crippen molar-refractivity contribution in [1.82, 2.24) is 10.2 Å². The van der Waals surface area contributed by atoms with Crippen LogP contribution in [0, 0.1) is 5.92 Å². The molecule has 21 heavy (non-hydrogen) atoms. The van der Waals surface area contributed by atoms with E-state index in [2.05, 4.69) is 10.2 Å². The van der Waals surface area contributed by atoms with Crippen LogP contribution in [-0.4, -0.2) is 45.3 Å². The minimum atomic E-state index is 0.234. The summed E-state index contributed by atoms with van der Waals surface area (Å²) < 4.78 is 5.25. The third-order valence-corrected chi connectivity index (χ3v) is 5.05. The summed E-state index contributed by atoms with van der Waals surface area (Å²) in [6.45, 7) is 4.22. The molecule has 5 heteroatoms. The molecule has 0 spiro atoms. The van der Waals surface area contributed by atoms with Crippen LogP contribution in [0.2, 0.25) is 10.0 Å². The summed E-state index contributed by atoms with van der Waals surface area (Å²) in [4.78, 5) is 2.51. The van der Waals surface area contributed by atoms with E-state index >= 15 is 0 Å². The van der Waals surface area contributed by atoms with E-state index in [4.69, 9.17) is 27.9 Å². The van der Waals surface area contributed by atoms with E-state index in [1.165, 1.54) is 6.42 Å². The Morgan fingerprint density at radius 3 is 2.95 bits per heavy atom. The van der Waals surface area contributed by atoms with Gasteiger partial charge < -0.3 is 15.0 Å². The number of benzene rings is 1. The molecule has 0 bridgehead atoms. The molecule has 3 nitrogen and oxygen atoms in total. The Hall–Kier alpha value is -0.320. The Labute approximate surface area is 137 Å². The normalized spacial score (nSPS) is 20.9. The van der Waals surface area contributed by atoms with Gasteiger partial charge in [0, 0.05) is 19.7 Å². The minimum Gasteiger partial charge on any atom is -0.384 e. The second-order valence-electron chi connectivity index (χ2n) is 5.68. The number of halogens is 2. The van der Waals surface area contributed by atoms with Crippen LogP contribution in [0.3, 0.4) is 0 Å². The number of hydrogen-bond donors (Lipinski definition) is 1. The molecular weight excluding hydrogens is 307 g/mol. The minimum absolute atomic E-state index is 0.234. The van der Waals surface area contributed by atoms with Crippen molar-refractivity contribution in [2.75, 3.05) is 40.4 Å². The quantitative estimate of drug-likeness (QED) is 0.826. The molecule has 1 fully saturated rings. The van der Waals surface area contributed by atoms with Gasteiger partial charge in [-0.3, -0.25) is 0 Å². The van der Waals surface area contributed by atoms with Crippen molar-refractivity contribution in [1.29, 1.82) is 0 Å². The largest absolute Gasteiger partial charge is 0.384 e. The average molecular weight is 331 g/mol. The van der Waals surface area contributed by atoms with Gasteiger partial charge in [-0.15, -0.1) is 0 Å². The van der Waals surface area contributed by atoms with Crippen LogP contribution >= 0.6 is 23.2 Å². The number of hydrogen-bond acceptors (Lipinski definition) is 3. The third-order valence-electron chi connectivity index (χ3n) is 4.21. The molecule has 1 aliphatic heterocycles. The highest BCUT2D eigenvalue weighted by molar-refractivity contribution is 6.42. The Morgan fingerprint density at radius 1 is 1.43 bits per heavy atom. The smallest absolute Gasteiger partial charge is 0.0640 e. The zero-order valence-corrected chi connectivity index (χ0v) is 14.3. The molecule has 0 aliphatic carbocycles. The van der Waals surface area contributed by atoms with Gasteiger partial charge in [0.05, 0.1) is 16.7 Å². The Bertz CT molecular complexity index is 456. The van der Waals surface area contributed by atoms with E-state index < -0.39 is 0 Å². The summed E-state index contributed by atoms with van der Waals surface area (Å²) in [7, 11) is 3.75. The van der Waals surface area contributed by atoms with Crippen molar-refractivity contribution in [2.45, 2.75) is 18.9 Å². The molecule has 2 rings (SSSR count). The van der Waals surface area contributed by atoms with Gasteiger partial charge in [-0.25, -0.2) is 0 Å². The molecule has 1 saturated heterocycles. The monoisotopic (exact) mass is 330 g/mol. The highest BCUT2D eigenvalue weighted by Crippen LogP contribution is 2.31. The Kier molecular flexibility index (Phi) is 6.77. The topological polar surface area (TPSA) is 24.5 Å². The standard InChI is InChI=1S/C16H24Cl2N2O/c1-19-15(13-4-3-5-14(17)16(13)18)7-9-20-8-6-12(10-20)11-21-2/h3-5,12,15,19H,6-11H2,1-2H3. The molecule has 2 atom stereocenters. The van der Waals surface area contributed by atoms with Crippen LogP contribution < -0.4 is 5.32 Å². The molecule has 0 aromatic heterocycles. The van der Waals surface area contributed by atoms with Crippen LogP contribution in [0.1, 0.15) is 24.4 Å². The fourth-order valence-electron chi connectivity index (χ4n) is 3.04. The van der Waals surface area contributed by atoms with Gasteiger partial charge in [0.15, 0.2) is 0 Å². The molecule has 1 heterocycles. The maximum atomic E-state index is 6.32. The molecule has 2 unspecified atom stereocenters. The molecule has 0 saturated carbocycles. The van der Waals surface area contributed by atoms with Crippen LogP contribution in [0.5, 0.6) is 0 Å². The molecule has 0 radical (unpaired) electrons. The summed E-state index contributed by atoms with van der Waals surface area (Å²) in [5.74, 6) is 0.679. The molecule has 1 N–H and O–H groups in total. The van der Waals surface area contributed by atoms with Gasteiger partial charge in [-0.2, -0.15) is 0 Å². The van der Waals surface area contributed by atoms with Gasteiger partial charge in [-0.05, 0) is 50.5 Å². The lowest BCUT2D eigenvalue weighted by Gasteiger charge is -2.22. The summed E-state index contributed by atoms with van der Waals surface area (Å²) in [5, 5.41) is 4.64. The highest BCUT2D eigenvalue weighted by Gasteiger charge is 2.23. The van der Waals surface area contributed by atoms with Crippen molar-refractivity contribution in [3.63, 3.8) is 0 Å². The second kappa shape index (κ2) is 8.35. The zero-order valence-electron chi connectivity index (χ0n) is 12.7.